The van der Waals surface area contributed by atoms with Crippen LogP contribution in [0.4, 0.5) is 0 Å². The first kappa shape index (κ1) is 17.2. The molecule has 2 heteroatoms. The van der Waals surface area contributed by atoms with E-state index in [4.69, 9.17) is 0 Å². The van der Waals surface area contributed by atoms with Gasteiger partial charge in [-0.1, -0.05) is 0 Å². The summed E-state index contributed by atoms with van der Waals surface area (Å²) >= 11 is 0. The standard InChI is InChI=1S/C3H5.Al.Li/c1-3-2;;/h3H,1-2H2;;/q-1;;+1. The summed E-state index contributed by atoms with van der Waals surface area (Å²) in [6, 6.07) is 0. The van der Waals surface area contributed by atoms with Crippen LogP contribution in [-0.2, 0) is 0 Å². The van der Waals surface area contributed by atoms with Gasteiger partial charge in [-0.3, -0.25) is 0 Å². The molecular weight excluding hydrogens is 70.0 g/mol. The molecule has 0 aromatic rings. The Morgan fingerprint density at radius 1 is 1.60 bits per heavy atom. The zero-order chi connectivity index (χ0) is 2.71. The predicted octanol–water partition coefficient (Wildman–Crippen LogP) is -2.37. The van der Waals surface area contributed by atoms with Gasteiger partial charge in [0.05, 0.1) is 0 Å². The molecule has 0 nitrogen and oxygen atoms in total. The van der Waals surface area contributed by atoms with Crippen LogP contribution in [0.25, 0.3) is 0 Å². The van der Waals surface area contributed by atoms with E-state index < -0.39 is 0 Å². The van der Waals surface area contributed by atoms with Crippen molar-refractivity contribution in [3.8, 4) is 0 Å². The van der Waals surface area contributed by atoms with E-state index >= 15 is 0 Å². The van der Waals surface area contributed by atoms with Crippen molar-refractivity contribution in [1.29, 1.82) is 0 Å². The van der Waals surface area contributed by atoms with Crippen LogP contribution in [0.15, 0.2) is 12.7 Å². The summed E-state index contributed by atoms with van der Waals surface area (Å²) in [5.41, 5.74) is 0. The molecule has 0 aliphatic carbocycles. The van der Waals surface area contributed by atoms with Crippen molar-refractivity contribution in [3.63, 3.8) is 0 Å². The molecule has 0 saturated heterocycles. The largest absolute Gasteiger partial charge is 1.00 e. The molecule has 0 N–H and O–H groups in total. The molecule has 21 valence electrons. The normalized spacial score (nSPS) is 2.40. The first-order valence-electron chi connectivity index (χ1n) is 0.816. The minimum Gasteiger partial charge on any atom is -0.245 e. The molecule has 5 heavy (non-hydrogen) atoms. The second-order valence-electron chi connectivity index (χ2n) is 0.289. The molecule has 0 aliphatic heterocycles. The maximum atomic E-state index is 3.25. The maximum Gasteiger partial charge on any atom is 1.00 e. The fourth-order valence-electron chi connectivity index (χ4n) is 0. The fraction of sp³-hybridized carbons (Fsp3) is 0. The van der Waals surface area contributed by atoms with Crippen LogP contribution in [0.5, 0.6) is 0 Å². The minimum absolute atomic E-state index is 0. The molecule has 0 aromatic heterocycles. The number of allylic oxidation sites excluding steroid dienone is 1. The molecule has 0 aliphatic rings. The van der Waals surface area contributed by atoms with Gasteiger partial charge in [-0.05, 0) is 0 Å². The molecule has 0 bridgehead atoms. The van der Waals surface area contributed by atoms with Crippen LogP contribution in [-0.4, -0.2) is 17.4 Å². The number of rotatable bonds is 0. The van der Waals surface area contributed by atoms with Gasteiger partial charge in [0.1, 0.15) is 0 Å². The molecule has 0 spiro atoms. The van der Waals surface area contributed by atoms with E-state index in [9.17, 15) is 0 Å². The zero-order valence-corrected chi connectivity index (χ0v) is 4.72. The van der Waals surface area contributed by atoms with Crippen molar-refractivity contribution in [1.82, 2.24) is 0 Å². The predicted molar refractivity (Wildman–Crippen MR) is 21.3 cm³/mol. The van der Waals surface area contributed by atoms with Crippen LogP contribution >= 0.6 is 0 Å². The van der Waals surface area contributed by atoms with E-state index in [0.717, 1.165) is 0 Å². The smallest absolute Gasteiger partial charge is 0.245 e. The monoisotopic (exact) mass is 75.0 g/mol. The molecule has 0 unspecified atom stereocenters. The Hall–Kier alpha value is 0.740. The summed E-state index contributed by atoms with van der Waals surface area (Å²) in [6.07, 6.45) is 1.50. The van der Waals surface area contributed by atoms with E-state index in [-0.39, 0.29) is 36.2 Å². The van der Waals surface area contributed by atoms with Crippen molar-refractivity contribution >= 4 is 17.4 Å². The third-order valence-electron chi connectivity index (χ3n) is 0. The SMILES string of the molecule is C=C[CH2-].[Al].[Li+]. The van der Waals surface area contributed by atoms with E-state index in [0.29, 0.717) is 0 Å². The van der Waals surface area contributed by atoms with Gasteiger partial charge in [0.25, 0.3) is 0 Å². The van der Waals surface area contributed by atoms with E-state index in [1.807, 2.05) is 0 Å². The van der Waals surface area contributed by atoms with Crippen molar-refractivity contribution < 1.29 is 18.9 Å². The van der Waals surface area contributed by atoms with Gasteiger partial charge in [0.2, 0.25) is 0 Å². The summed E-state index contributed by atoms with van der Waals surface area (Å²) < 4.78 is 0. The Morgan fingerprint density at radius 2 is 1.60 bits per heavy atom. The van der Waals surface area contributed by atoms with Crippen LogP contribution in [0.1, 0.15) is 0 Å². The van der Waals surface area contributed by atoms with E-state index in [1.165, 1.54) is 6.08 Å². The van der Waals surface area contributed by atoms with Crippen LogP contribution < -0.4 is 18.9 Å². The van der Waals surface area contributed by atoms with Crippen molar-refractivity contribution in [3.05, 3.63) is 19.6 Å². The summed E-state index contributed by atoms with van der Waals surface area (Å²) in [7, 11) is 0. The minimum atomic E-state index is 0. The Kier molecular flexibility index (Phi) is 75.2. The number of hydrogen-bond acceptors (Lipinski definition) is 0. The van der Waals surface area contributed by atoms with Gasteiger partial charge in [-0.15, -0.1) is 0 Å². The first-order valence-corrected chi connectivity index (χ1v) is 0.816. The Bertz CT molecular complexity index is 14.4. The molecule has 0 amide bonds. The average Bonchev–Trinajstić information content (AvgIpc) is 0.918. The Labute approximate surface area is 56.0 Å². The maximum absolute atomic E-state index is 3.25. The molecule has 0 aromatic carbocycles. The van der Waals surface area contributed by atoms with E-state index in [2.05, 4.69) is 13.5 Å². The molecule has 0 heterocycles. The van der Waals surface area contributed by atoms with Crippen molar-refractivity contribution in [2.24, 2.45) is 0 Å². The average molecular weight is 75.0 g/mol. The molecule has 0 fully saturated rings. The first-order chi connectivity index (χ1) is 1.41. The van der Waals surface area contributed by atoms with Gasteiger partial charge < -0.3 is 0 Å². The zero-order valence-electron chi connectivity index (χ0n) is 3.57. The van der Waals surface area contributed by atoms with Crippen LogP contribution in [0.2, 0.25) is 0 Å². The summed E-state index contributed by atoms with van der Waals surface area (Å²) in [4.78, 5) is 0. The summed E-state index contributed by atoms with van der Waals surface area (Å²) in [5.74, 6) is 0. The third-order valence-corrected chi connectivity index (χ3v) is 0. The van der Waals surface area contributed by atoms with Gasteiger partial charge in [0, 0.05) is 17.4 Å². The summed E-state index contributed by atoms with van der Waals surface area (Å²) in [6.45, 7) is 6.50. The number of hydrogen-bond donors (Lipinski definition) is 0. The summed E-state index contributed by atoms with van der Waals surface area (Å²) in [5, 5.41) is 0. The molecule has 3 radical (unpaired) electrons. The van der Waals surface area contributed by atoms with E-state index in [1.54, 1.807) is 0 Å². The third kappa shape index (κ3) is 65.0. The Morgan fingerprint density at radius 3 is 1.60 bits per heavy atom. The topological polar surface area (TPSA) is 0 Å². The van der Waals surface area contributed by atoms with Gasteiger partial charge >= 0.3 is 18.9 Å². The second kappa shape index (κ2) is 21.9. The quantitative estimate of drug-likeness (QED) is 0.223. The van der Waals surface area contributed by atoms with Crippen LogP contribution in [0.3, 0.4) is 0 Å². The van der Waals surface area contributed by atoms with Crippen molar-refractivity contribution in [2.45, 2.75) is 0 Å². The van der Waals surface area contributed by atoms with Gasteiger partial charge in [0.15, 0.2) is 0 Å². The van der Waals surface area contributed by atoms with Gasteiger partial charge in [-0.2, -0.15) is 0 Å². The second-order valence-corrected chi connectivity index (χ2v) is 0.289. The fourth-order valence-corrected chi connectivity index (χ4v) is 0. The molecule has 0 atom stereocenters. The van der Waals surface area contributed by atoms with Crippen LogP contribution in [0, 0.1) is 6.92 Å². The molecule has 0 saturated carbocycles. The molecule has 0 rings (SSSR count). The van der Waals surface area contributed by atoms with Crippen molar-refractivity contribution in [2.75, 3.05) is 0 Å². The Balaban J connectivity index is -0.0000000200. The molecular formula is C3H5AlLi. The van der Waals surface area contributed by atoms with Gasteiger partial charge in [-0.25, -0.2) is 19.6 Å².